The largest absolute Gasteiger partial charge is 0.508 e. The van der Waals surface area contributed by atoms with Gasteiger partial charge in [-0.1, -0.05) is 38.0 Å². The number of rotatable bonds is 3. The summed E-state index contributed by atoms with van der Waals surface area (Å²) in [5, 5.41) is 9.35. The highest BCUT2D eigenvalue weighted by atomic mass is 16.3. The van der Waals surface area contributed by atoms with Gasteiger partial charge in [-0.3, -0.25) is 0 Å². The Morgan fingerprint density at radius 3 is 1.69 bits per heavy atom. The number of phenols is 1. The Morgan fingerprint density at radius 1 is 0.923 bits per heavy atom. The molecule has 0 atom stereocenters. The average molecular weight is 172 g/mol. The van der Waals surface area contributed by atoms with Gasteiger partial charge in [0.05, 0.1) is 0 Å². The van der Waals surface area contributed by atoms with Gasteiger partial charge in [-0.2, -0.15) is 0 Å². The summed E-state index contributed by atoms with van der Waals surface area (Å²) in [6.45, 7) is 11.0. The lowest BCUT2D eigenvalue weighted by molar-refractivity contribution is 0.475. The van der Waals surface area contributed by atoms with Crippen molar-refractivity contribution in [1.82, 2.24) is 0 Å². The first kappa shape index (κ1) is 9.33. The summed E-state index contributed by atoms with van der Waals surface area (Å²) in [4.78, 5) is 0. The van der Waals surface area contributed by atoms with Crippen LogP contribution < -0.4 is 0 Å². The van der Waals surface area contributed by atoms with Gasteiger partial charge in [0.1, 0.15) is 5.75 Å². The van der Waals surface area contributed by atoms with Crippen molar-refractivity contribution < 1.29 is 5.11 Å². The maximum atomic E-state index is 9.35. The molecule has 1 heteroatoms. The third-order valence-corrected chi connectivity index (χ3v) is 1.87. The van der Waals surface area contributed by atoms with Crippen molar-refractivity contribution in [3.8, 4) is 5.75 Å². The minimum absolute atomic E-state index is 0.218. The molecule has 0 aliphatic rings. The molecule has 0 bridgehead atoms. The molecule has 13 heavy (non-hydrogen) atoms. The summed E-state index contributed by atoms with van der Waals surface area (Å²) < 4.78 is 0. The second-order valence-corrected chi connectivity index (χ2v) is 2.65. The van der Waals surface area contributed by atoms with Crippen LogP contribution in [-0.4, -0.2) is 5.11 Å². The van der Waals surface area contributed by atoms with Gasteiger partial charge in [0.25, 0.3) is 0 Å². The Morgan fingerprint density at radius 2 is 1.38 bits per heavy atom. The number of aromatic hydroxyl groups is 1. The highest BCUT2D eigenvalue weighted by Crippen LogP contribution is 2.24. The van der Waals surface area contributed by atoms with Gasteiger partial charge in [0.15, 0.2) is 0 Å². The summed E-state index contributed by atoms with van der Waals surface area (Å²) >= 11 is 0. The summed E-state index contributed by atoms with van der Waals surface area (Å²) in [7, 11) is 0. The molecule has 1 N–H and O–H groups in total. The van der Waals surface area contributed by atoms with E-state index in [0.29, 0.717) is 0 Å². The molecule has 1 rings (SSSR count). The molecular weight excluding hydrogens is 160 g/mol. The van der Waals surface area contributed by atoms with Crippen molar-refractivity contribution in [1.29, 1.82) is 0 Å². The topological polar surface area (TPSA) is 20.2 Å². The minimum Gasteiger partial charge on any atom is -0.508 e. The van der Waals surface area contributed by atoms with Crippen molar-refractivity contribution in [3.05, 3.63) is 48.6 Å². The molecule has 0 aromatic heterocycles. The highest BCUT2D eigenvalue weighted by molar-refractivity contribution is 5.74. The first-order valence-electron chi connectivity index (χ1n) is 3.97. The molecule has 1 aromatic rings. The number of phenolic OH excluding ortho intramolecular Hbond substituents is 1. The molecule has 66 valence electrons. The molecule has 0 aliphatic carbocycles. The molecule has 0 aliphatic heterocycles. The lowest BCUT2D eigenvalue weighted by Gasteiger charge is -2.06. The van der Waals surface area contributed by atoms with E-state index in [0.717, 1.165) is 16.7 Å². The fourth-order valence-corrected chi connectivity index (χ4v) is 1.26. The van der Waals surface area contributed by atoms with E-state index in [9.17, 15) is 5.11 Å². The molecule has 0 fully saturated rings. The van der Waals surface area contributed by atoms with E-state index in [1.807, 2.05) is 0 Å². The second kappa shape index (κ2) is 3.76. The monoisotopic (exact) mass is 172 g/mol. The summed E-state index contributed by atoms with van der Waals surface area (Å²) in [6.07, 6.45) is 5.10. The quantitative estimate of drug-likeness (QED) is 0.741. The lowest BCUT2D eigenvalue weighted by atomic mass is 10.0. The van der Waals surface area contributed by atoms with Gasteiger partial charge in [-0.15, -0.1) is 0 Å². The zero-order chi connectivity index (χ0) is 9.84. The molecule has 0 saturated heterocycles. The second-order valence-electron chi connectivity index (χ2n) is 2.65. The van der Waals surface area contributed by atoms with Crippen molar-refractivity contribution in [3.63, 3.8) is 0 Å². The van der Waals surface area contributed by atoms with Gasteiger partial charge in [0, 0.05) is 0 Å². The van der Waals surface area contributed by atoms with Gasteiger partial charge in [-0.05, 0) is 28.8 Å². The molecule has 0 saturated carbocycles. The van der Waals surface area contributed by atoms with Crippen molar-refractivity contribution in [2.45, 2.75) is 0 Å². The Hall–Kier alpha value is -1.76. The smallest absolute Gasteiger partial charge is 0.116 e. The normalized spacial score (nSPS) is 9.23. The van der Waals surface area contributed by atoms with Crippen LogP contribution in [0.25, 0.3) is 18.2 Å². The number of benzene rings is 1. The SMILES string of the molecule is C=Cc1cc(O)cc(C=C)c1C=C. The predicted molar refractivity (Wildman–Crippen MR) is 58.4 cm³/mol. The lowest BCUT2D eigenvalue weighted by Crippen LogP contribution is -1.85. The van der Waals surface area contributed by atoms with Crippen LogP contribution in [0.5, 0.6) is 5.75 Å². The van der Waals surface area contributed by atoms with Gasteiger partial charge in [0.2, 0.25) is 0 Å². The third-order valence-electron chi connectivity index (χ3n) is 1.87. The highest BCUT2D eigenvalue weighted by Gasteiger charge is 2.02. The molecule has 1 nitrogen and oxygen atoms in total. The fourth-order valence-electron chi connectivity index (χ4n) is 1.26. The third kappa shape index (κ3) is 1.70. The Bertz CT molecular complexity index is 332. The van der Waals surface area contributed by atoms with Crippen LogP contribution in [0.4, 0.5) is 0 Å². The average Bonchev–Trinajstić information content (AvgIpc) is 2.16. The zero-order valence-corrected chi connectivity index (χ0v) is 7.46. The van der Waals surface area contributed by atoms with Crippen LogP contribution in [0, 0.1) is 0 Å². The standard InChI is InChI=1S/C12H12O/c1-4-9-7-11(13)8-10(5-2)12(9)6-3/h4-8,13H,1-3H2. The van der Waals surface area contributed by atoms with Crippen LogP contribution in [0.2, 0.25) is 0 Å². The summed E-state index contributed by atoms with van der Waals surface area (Å²) in [6, 6.07) is 3.30. The number of hydrogen-bond acceptors (Lipinski definition) is 1. The summed E-state index contributed by atoms with van der Waals surface area (Å²) in [5.74, 6) is 0.218. The van der Waals surface area contributed by atoms with Crippen LogP contribution in [0.15, 0.2) is 31.9 Å². The zero-order valence-electron chi connectivity index (χ0n) is 7.46. The van der Waals surface area contributed by atoms with Crippen molar-refractivity contribution in [2.75, 3.05) is 0 Å². The minimum atomic E-state index is 0.218. The molecule has 0 unspecified atom stereocenters. The number of hydrogen-bond donors (Lipinski definition) is 1. The maximum absolute atomic E-state index is 9.35. The Balaban J connectivity index is 3.50. The van der Waals surface area contributed by atoms with Crippen molar-refractivity contribution in [2.24, 2.45) is 0 Å². The predicted octanol–water partition coefficient (Wildman–Crippen LogP) is 3.32. The fraction of sp³-hybridized carbons (Fsp3) is 0. The van der Waals surface area contributed by atoms with Crippen LogP contribution in [0.1, 0.15) is 16.7 Å². The molecule has 0 amide bonds. The van der Waals surface area contributed by atoms with Crippen LogP contribution in [-0.2, 0) is 0 Å². The van der Waals surface area contributed by atoms with E-state index in [4.69, 9.17) is 0 Å². The molecule has 0 radical (unpaired) electrons. The van der Waals surface area contributed by atoms with E-state index in [1.165, 1.54) is 0 Å². The van der Waals surface area contributed by atoms with Crippen LogP contribution in [0.3, 0.4) is 0 Å². The molecular formula is C12H12O. The molecule has 0 spiro atoms. The van der Waals surface area contributed by atoms with E-state index < -0.39 is 0 Å². The maximum Gasteiger partial charge on any atom is 0.116 e. The Labute approximate surface area is 78.3 Å². The summed E-state index contributed by atoms with van der Waals surface area (Å²) in [5.41, 5.74) is 2.68. The Kier molecular flexibility index (Phi) is 2.70. The molecule has 1 aromatic carbocycles. The van der Waals surface area contributed by atoms with Crippen LogP contribution >= 0.6 is 0 Å². The van der Waals surface area contributed by atoms with E-state index in [1.54, 1.807) is 30.4 Å². The first-order chi connectivity index (χ1) is 6.22. The van der Waals surface area contributed by atoms with Gasteiger partial charge >= 0.3 is 0 Å². The molecule has 0 heterocycles. The van der Waals surface area contributed by atoms with E-state index >= 15 is 0 Å². The van der Waals surface area contributed by atoms with Gasteiger partial charge in [-0.25, -0.2) is 0 Å². The van der Waals surface area contributed by atoms with E-state index in [-0.39, 0.29) is 5.75 Å². The van der Waals surface area contributed by atoms with Gasteiger partial charge < -0.3 is 5.11 Å². The van der Waals surface area contributed by atoms with E-state index in [2.05, 4.69) is 19.7 Å². The van der Waals surface area contributed by atoms with Crippen molar-refractivity contribution >= 4 is 18.2 Å². The first-order valence-corrected chi connectivity index (χ1v) is 3.97.